The first-order chi connectivity index (χ1) is 14.1. The van der Waals surface area contributed by atoms with E-state index >= 15 is 0 Å². The second-order valence-electron chi connectivity index (χ2n) is 8.29. The number of aliphatic imine (C=N–C) groups is 1. The number of rotatable bonds is 6. The summed E-state index contributed by atoms with van der Waals surface area (Å²) in [5.74, 6) is 0.689. The second-order valence-corrected chi connectivity index (χ2v) is 8.29. The SMILES string of the molecule is CCNC(=NCC1(c2cccc(F)c2)CC1)NC1CCCN(c2cnn(C)c2)C1. The van der Waals surface area contributed by atoms with E-state index in [0.29, 0.717) is 12.6 Å². The maximum Gasteiger partial charge on any atom is 0.191 e. The lowest BCUT2D eigenvalue weighted by molar-refractivity contribution is 0.467. The Morgan fingerprint density at radius 1 is 1.38 bits per heavy atom. The molecule has 2 aromatic rings. The molecule has 7 heteroatoms. The van der Waals surface area contributed by atoms with Crippen molar-refractivity contribution >= 4 is 11.6 Å². The molecule has 1 saturated carbocycles. The smallest absolute Gasteiger partial charge is 0.191 e. The molecule has 2 heterocycles. The third-order valence-electron chi connectivity index (χ3n) is 5.99. The molecule has 1 saturated heterocycles. The van der Waals surface area contributed by atoms with Gasteiger partial charge in [-0.3, -0.25) is 9.67 Å². The van der Waals surface area contributed by atoms with Gasteiger partial charge in [0.15, 0.2) is 5.96 Å². The molecule has 2 fully saturated rings. The average Bonchev–Trinajstić information content (AvgIpc) is 3.39. The Balaban J connectivity index is 1.41. The van der Waals surface area contributed by atoms with Gasteiger partial charge >= 0.3 is 0 Å². The van der Waals surface area contributed by atoms with Gasteiger partial charge in [0.2, 0.25) is 0 Å². The number of anilines is 1. The molecular formula is C22H31FN6. The highest BCUT2D eigenvalue weighted by molar-refractivity contribution is 5.80. The van der Waals surface area contributed by atoms with E-state index in [-0.39, 0.29) is 11.2 Å². The van der Waals surface area contributed by atoms with Gasteiger partial charge in [0.25, 0.3) is 0 Å². The summed E-state index contributed by atoms with van der Waals surface area (Å²) in [7, 11) is 1.95. The largest absolute Gasteiger partial charge is 0.367 e. The Morgan fingerprint density at radius 3 is 2.93 bits per heavy atom. The molecule has 2 N–H and O–H groups in total. The minimum atomic E-state index is -0.166. The number of guanidine groups is 1. The van der Waals surface area contributed by atoms with Crippen LogP contribution >= 0.6 is 0 Å². The molecule has 0 spiro atoms. The van der Waals surface area contributed by atoms with Gasteiger partial charge in [-0.2, -0.15) is 5.10 Å². The van der Waals surface area contributed by atoms with Gasteiger partial charge in [-0.15, -0.1) is 0 Å². The molecule has 4 rings (SSSR count). The van der Waals surface area contributed by atoms with E-state index in [1.165, 1.54) is 11.8 Å². The number of nitrogens with zero attached hydrogens (tertiary/aromatic N) is 4. The first kappa shape index (κ1) is 19.7. The Labute approximate surface area is 172 Å². The summed E-state index contributed by atoms with van der Waals surface area (Å²) >= 11 is 0. The van der Waals surface area contributed by atoms with Crippen LogP contribution in [-0.2, 0) is 12.5 Å². The highest BCUT2D eigenvalue weighted by atomic mass is 19.1. The molecule has 0 amide bonds. The van der Waals surface area contributed by atoms with Crippen LogP contribution in [0.25, 0.3) is 0 Å². The summed E-state index contributed by atoms with van der Waals surface area (Å²) in [6.07, 6.45) is 8.39. The van der Waals surface area contributed by atoms with E-state index in [0.717, 1.165) is 56.8 Å². The molecule has 1 aliphatic carbocycles. The minimum Gasteiger partial charge on any atom is -0.367 e. The van der Waals surface area contributed by atoms with Crippen molar-refractivity contribution < 1.29 is 4.39 Å². The van der Waals surface area contributed by atoms with E-state index in [2.05, 4.69) is 33.8 Å². The van der Waals surface area contributed by atoms with Crippen molar-refractivity contribution in [1.29, 1.82) is 0 Å². The van der Waals surface area contributed by atoms with Crippen molar-refractivity contribution in [2.45, 2.75) is 44.1 Å². The number of hydrogen-bond acceptors (Lipinski definition) is 3. The van der Waals surface area contributed by atoms with Crippen LogP contribution in [0.5, 0.6) is 0 Å². The molecule has 2 aliphatic rings. The normalized spacial score (nSPS) is 21.1. The Bertz CT molecular complexity index is 856. The van der Waals surface area contributed by atoms with Crippen molar-refractivity contribution in [3.05, 3.63) is 48.0 Å². The zero-order valence-corrected chi connectivity index (χ0v) is 17.4. The standard InChI is InChI=1S/C22H31FN6/c1-3-24-21(25-16-22(9-10-22)17-6-4-7-18(23)12-17)27-19-8-5-11-29(14-19)20-13-26-28(2)15-20/h4,6-7,12-13,15,19H,3,5,8-11,14,16H2,1-2H3,(H2,24,25,27). The van der Waals surface area contributed by atoms with Gasteiger partial charge in [0, 0.05) is 44.3 Å². The van der Waals surface area contributed by atoms with Crippen molar-refractivity contribution in [1.82, 2.24) is 20.4 Å². The summed E-state index contributed by atoms with van der Waals surface area (Å²) in [5, 5.41) is 11.3. The molecule has 1 unspecified atom stereocenters. The van der Waals surface area contributed by atoms with Crippen LogP contribution in [-0.4, -0.2) is 48.0 Å². The van der Waals surface area contributed by atoms with Gasteiger partial charge in [0.05, 0.1) is 18.4 Å². The fourth-order valence-electron chi connectivity index (χ4n) is 4.15. The second kappa shape index (κ2) is 8.43. The average molecular weight is 399 g/mol. The van der Waals surface area contributed by atoms with Gasteiger partial charge in [-0.05, 0) is 50.3 Å². The molecule has 6 nitrogen and oxygen atoms in total. The molecule has 1 atom stereocenters. The molecule has 1 aromatic heterocycles. The number of hydrogen-bond donors (Lipinski definition) is 2. The Kier molecular flexibility index (Phi) is 5.74. The summed E-state index contributed by atoms with van der Waals surface area (Å²) < 4.78 is 15.5. The number of nitrogens with one attached hydrogen (secondary N) is 2. The molecule has 1 aliphatic heterocycles. The maximum absolute atomic E-state index is 13.7. The van der Waals surface area contributed by atoms with E-state index in [4.69, 9.17) is 4.99 Å². The number of aromatic nitrogens is 2. The molecule has 29 heavy (non-hydrogen) atoms. The third-order valence-corrected chi connectivity index (χ3v) is 5.99. The molecular weight excluding hydrogens is 367 g/mol. The lowest BCUT2D eigenvalue weighted by Gasteiger charge is -2.34. The monoisotopic (exact) mass is 398 g/mol. The topological polar surface area (TPSA) is 57.5 Å². The quantitative estimate of drug-likeness (QED) is 0.580. The zero-order chi connectivity index (χ0) is 20.3. The molecule has 1 aromatic carbocycles. The van der Waals surface area contributed by atoms with Crippen LogP contribution in [0.3, 0.4) is 0 Å². The van der Waals surface area contributed by atoms with E-state index in [1.54, 1.807) is 12.1 Å². The minimum absolute atomic E-state index is 0.00123. The van der Waals surface area contributed by atoms with E-state index in [1.807, 2.05) is 24.0 Å². The molecule has 0 bridgehead atoms. The van der Waals surface area contributed by atoms with Crippen LogP contribution in [0, 0.1) is 5.82 Å². The summed E-state index contributed by atoms with van der Waals surface area (Å²) in [6.45, 7) is 5.58. The zero-order valence-electron chi connectivity index (χ0n) is 17.4. The predicted molar refractivity (Wildman–Crippen MR) is 115 cm³/mol. The fourth-order valence-corrected chi connectivity index (χ4v) is 4.15. The van der Waals surface area contributed by atoms with Crippen molar-refractivity contribution in [3.63, 3.8) is 0 Å². The number of piperidine rings is 1. The first-order valence-corrected chi connectivity index (χ1v) is 10.6. The molecule has 0 radical (unpaired) electrons. The summed E-state index contributed by atoms with van der Waals surface area (Å²) in [4.78, 5) is 7.27. The summed E-state index contributed by atoms with van der Waals surface area (Å²) in [5.41, 5.74) is 2.24. The summed E-state index contributed by atoms with van der Waals surface area (Å²) in [6, 6.07) is 7.33. The van der Waals surface area contributed by atoms with E-state index < -0.39 is 0 Å². The third kappa shape index (κ3) is 4.71. The van der Waals surface area contributed by atoms with Gasteiger partial charge in [0.1, 0.15) is 5.82 Å². The lowest BCUT2D eigenvalue weighted by atomic mass is 9.96. The highest BCUT2D eigenvalue weighted by Gasteiger charge is 2.44. The number of aryl methyl sites for hydroxylation is 1. The van der Waals surface area contributed by atoms with Crippen molar-refractivity contribution in [2.24, 2.45) is 12.0 Å². The first-order valence-electron chi connectivity index (χ1n) is 10.6. The fraction of sp³-hybridized carbons (Fsp3) is 0.545. The highest BCUT2D eigenvalue weighted by Crippen LogP contribution is 2.48. The van der Waals surface area contributed by atoms with Crippen LogP contribution in [0.15, 0.2) is 41.7 Å². The van der Waals surface area contributed by atoms with Crippen molar-refractivity contribution in [3.8, 4) is 0 Å². The lowest BCUT2D eigenvalue weighted by Crippen LogP contribution is -2.51. The van der Waals surface area contributed by atoms with Crippen LogP contribution in [0.1, 0.15) is 38.2 Å². The van der Waals surface area contributed by atoms with E-state index in [9.17, 15) is 4.39 Å². The van der Waals surface area contributed by atoms with Gasteiger partial charge in [-0.25, -0.2) is 4.39 Å². The Morgan fingerprint density at radius 2 is 2.24 bits per heavy atom. The van der Waals surface area contributed by atoms with Crippen molar-refractivity contribution in [2.75, 3.05) is 31.1 Å². The van der Waals surface area contributed by atoms with Crippen LogP contribution in [0.4, 0.5) is 10.1 Å². The number of halogens is 1. The maximum atomic E-state index is 13.7. The van der Waals surface area contributed by atoms with Gasteiger partial charge < -0.3 is 15.5 Å². The predicted octanol–water partition coefficient (Wildman–Crippen LogP) is 2.81. The Hall–Kier alpha value is -2.57. The van der Waals surface area contributed by atoms with Crippen LogP contribution in [0.2, 0.25) is 0 Å². The van der Waals surface area contributed by atoms with Gasteiger partial charge in [-0.1, -0.05) is 12.1 Å². The van der Waals surface area contributed by atoms with Crippen LogP contribution < -0.4 is 15.5 Å². The molecule has 156 valence electrons. The number of benzene rings is 1.